The summed E-state index contributed by atoms with van der Waals surface area (Å²) in [7, 11) is 0. The van der Waals surface area contributed by atoms with Crippen LogP contribution in [-0.4, -0.2) is 0 Å². The lowest BCUT2D eigenvalue weighted by Gasteiger charge is -1.92. The van der Waals surface area contributed by atoms with E-state index in [4.69, 9.17) is 0 Å². The molecule has 1 aromatic rings. The molecule has 50 valence electrons. The molecule has 0 atom stereocenters. The first-order valence-corrected chi connectivity index (χ1v) is 3.75. The number of hydrogen-bond donors (Lipinski definition) is 0. The minimum atomic E-state index is 0.910. The van der Waals surface area contributed by atoms with Crippen LogP contribution in [0.25, 0.3) is 4.48 Å². The summed E-state index contributed by atoms with van der Waals surface area (Å²) in [4.78, 5) is 0. The summed E-state index contributed by atoms with van der Waals surface area (Å²) in [6.07, 6.45) is 0. The van der Waals surface area contributed by atoms with E-state index in [0.29, 0.717) is 0 Å². The van der Waals surface area contributed by atoms with E-state index in [-0.39, 0.29) is 0 Å². The monoisotopic (exact) mass is 194 g/mol. The molecular formula is C9H7Br. The van der Waals surface area contributed by atoms with Gasteiger partial charge in [-0.25, -0.2) is 0 Å². The van der Waals surface area contributed by atoms with E-state index in [9.17, 15) is 0 Å². The molecule has 0 saturated heterocycles. The minimum Gasteiger partial charge on any atom is -0.113 e. The molecule has 0 heterocycles. The van der Waals surface area contributed by atoms with Crippen LogP contribution in [0.4, 0.5) is 0 Å². The molecule has 0 aromatic heterocycles. The summed E-state index contributed by atoms with van der Waals surface area (Å²) in [5.74, 6) is 0. The summed E-state index contributed by atoms with van der Waals surface area (Å²) in [5, 5.41) is 0. The standard InChI is InChI=1S/C9H7Br/c1-2-9(10)8-6-4-3-5-7-8/h3-7H,1H2. The lowest BCUT2D eigenvalue weighted by molar-refractivity contribution is 1.66. The lowest BCUT2D eigenvalue weighted by Crippen LogP contribution is -1.70. The second-order valence-corrected chi connectivity index (χ2v) is 2.65. The molecule has 0 aliphatic carbocycles. The van der Waals surface area contributed by atoms with Crippen molar-refractivity contribution in [2.75, 3.05) is 0 Å². The predicted molar refractivity (Wildman–Crippen MR) is 47.9 cm³/mol. The third-order valence-electron chi connectivity index (χ3n) is 1.18. The van der Waals surface area contributed by atoms with Gasteiger partial charge < -0.3 is 0 Å². The molecule has 0 radical (unpaired) electrons. The third-order valence-corrected chi connectivity index (χ3v) is 1.92. The van der Waals surface area contributed by atoms with Crippen LogP contribution in [0.3, 0.4) is 0 Å². The molecule has 0 unspecified atom stereocenters. The Morgan fingerprint density at radius 3 is 2.40 bits per heavy atom. The van der Waals surface area contributed by atoms with Gasteiger partial charge >= 0.3 is 0 Å². The van der Waals surface area contributed by atoms with Gasteiger partial charge in [-0.2, -0.15) is 0 Å². The van der Waals surface area contributed by atoms with E-state index >= 15 is 0 Å². The van der Waals surface area contributed by atoms with Crippen LogP contribution < -0.4 is 0 Å². The number of benzene rings is 1. The molecule has 1 heteroatoms. The molecule has 0 fully saturated rings. The van der Waals surface area contributed by atoms with E-state index in [2.05, 4.69) is 28.2 Å². The first-order valence-electron chi connectivity index (χ1n) is 2.95. The van der Waals surface area contributed by atoms with Gasteiger partial charge in [0.15, 0.2) is 0 Å². The summed E-state index contributed by atoms with van der Waals surface area (Å²) >= 11 is 3.33. The van der Waals surface area contributed by atoms with Crippen molar-refractivity contribution in [3.63, 3.8) is 0 Å². The van der Waals surface area contributed by atoms with Gasteiger partial charge in [-0.05, 0) is 21.5 Å². The number of rotatable bonds is 1. The van der Waals surface area contributed by atoms with Crippen LogP contribution in [0.15, 0.2) is 42.6 Å². The van der Waals surface area contributed by atoms with Crippen LogP contribution in [0.2, 0.25) is 0 Å². The van der Waals surface area contributed by atoms with Crippen LogP contribution in [0.5, 0.6) is 0 Å². The van der Waals surface area contributed by atoms with E-state index in [0.717, 1.165) is 10.0 Å². The summed E-state index contributed by atoms with van der Waals surface area (Å²) < 4.78 is 0.910. The van der Waals surface area contributed by atoms with Crippen molar-refractivity contribution in [2.24, 2.45) is 0 Å². The van der Waals surface area contributed by atoms with Crippen molar-refractivity contribution < 1.29 is 0 Å². The van der Waals surface area contributed by atoms with Crippen LogP contribution in [0.1, 0.15) is 5.56 Å². The van der Waals surface area contributed by atoms with Crippen LogP contribution >= 0.6 is 15.9 Å². The van der Waals surface area contributed by atoms with Gasteiger partial charge in [0, 0.05) is 0 Å². The maximum Gasteiger partial charge on any atom is 0.0659 e. The third kappa shape index (κ3) is 1.60. The zero-order valence-electron chi connectivity index (χ0n) is 5.47. The summed E-state index contributed by atoms with van der Waals surface area (Å²) in [5.41, 5.74) is 3.87. The Kier molecular flexibility index (Phi) is 2.49. The highest BCUT2D eigenvalue weighted by Gasteiger charge is 1.90. The highest BCUT2D eigenvalue weighted by Crippen LogP contribution is 2.17. The first-order chi connectivity index (χ1) is 4.84. The van der Waals surface area contributed by atoms with Crippen molar-refractivity contribution in [1.29, 1.82) is 0 Å². The summed E-state index contributed by atoms with van der Waals surface area (Å²) in [6.45, 7) is 3.53. The quantitative estimate of drug-likeness (QED) is 0.603. The fourth-order valence-corrected chi connectivity index (χ4v) is 0.951. The van der Waals surface area contributed by atoms with E-state index in [1.165, 1.54) is 0 Å². The number of hydrogen-bond acceptors (Lipinski definition) is 0. The second kappa shape index (κ2) is 3.40. The van der Waals surface area contributed by atoms with E-state index in [1.807, 2.05) is 30.3 Å². The van der Waals surface area contributed by atoms with Crippen LogP contribution in [-0.2, 0) is 0 Å². The molecule has 0 spiro atoms. The Hall–Kier alpha value is -0.780. The first kappa shape index (κ1) is 7.33. The summed E-state index contributed by atoms with van der Waals surface area (Å²) in [6, 6.07) is 9.94. The second-order valence-electron chi connectivity index (χ2n) is 1.86. The van der Waals surface area contributed by atoms with Crippen molar-refractivity contribution in [3.05, 3.63) is 48.2 Å². The zero-order valence-corrected chi connectivity index (χ0v) is 7.06. The predicted octanol–water partition coefficient (Wildman–Crippen LogP) is 3.21. The fraction of sp³-hybridized carbons (Fsp3) is 0. The van der Waals surface area contributed by atoms with E-state index < -0.39 is 0 Å². The molecule has 0 N–H and O–H groups in total. The Labute approximate surface area is 69.0 Å². The molecule has 0 nitrogen and oxygen atoms in total. The van der Waals surface area contributed by atoms with Gasteiger partial charge in [0.2, 0.25) is 0 Å². The Morgan fingerprint density at radius 2 is 1.90 bits per heavy atom. The average Bonchev–Trinajstić information content (AvgIpc) is 2.05. The molecule has 0 amide bonds. The smallest absolute Gasteiger partial charge is 0.0659 e. The molecule has 0 bridgehead atoms. The lowest BCUT2D eigenvalue weighted by atomic mass is 10.2. The normalized spacial score (nSPS) is 8.50. The minimum absolute atomic E-state index is 0.910. The van der Waals surface area contributed by atoms with Crippen molar-refractivity contribution >= 4 is 20.4 Å². The Bertz CT molecular complexity index is 255. The van der Waals surface area contributed by atoms with Gasteiger partial charge in [-0.3, -0.25) is 0 Å². The molecule has 0 saturated carbocycles. The molecule has 0 aliphatic heterocycles. The van der Waals surface area contributed by atoms with Crippen molar-refractivity contribution in [3.8, 4) is 0 Å². The van der Waals surface area contributed by atoms with Gasteiger partial charge in [0.05, 0.1) is 4.48 Å². The fourth-order valence-electron chi connectivity index (χ4n) is 0.687. The van der Waals surface area contributed by atoms with Crippen LogP contribution in [0, 0.1) is 0 Å². The average molecular weight is 195 g/mol. The zero-order chi connectivity index (χ0) is 7.40. The van der Waals surface area contributed by atoms with Gasteiger partial charge in [-0.15, -0.1) is 5.73 Å². The van der Waals surface area contributed by atoms with Gasteiger partial charge in [0.25, 0.3) is 0 Å². The Balaban J connectivity index is 3.08. The highest BCUT2D eigenvalue weighted by atomic mass is 79.9. The maximum absolute atomic E-state index is 3.53. The molecule has 10 heavy (non-hydrogen) atoms. The number of halogens is 1. The largest absolute Gasteiger partial charge is 0.113 e. The van der Waals surface area contributed by atoms with Crippen molar-refractivity contribution in [2.45, 2.75) is 0 Å². The van der Waals surface area contributed by atoms with E-state index in [1.54, 1.807) is 0 Å². The van der Waals surface area contributed by atoms with Crippen molar-refractivity contribution in [1.82, 2.24) is 0 Å². The van der Waals surface area contributed by atoms with Gasteiger partial charge in [0.1, 0.15) is 0 Å². The van der Waals surface area contributed by atoms with Gasteiger partial charge in [-0.1, -0.05) is 36.9 Å². The maximum atomic E-state index is 3.53. The topological polar surface area (TPSA) is 0 Å². The Morgan fingerprint density at radius 1 is 1.30 bits per heavy atom. The highest BCUT2D eigenvalue weighted by molar-refractivity contribution is 9.15. The molecule has 1 rings (SSSR count). The molecule has 0 aliphatic rings. The SMILES string of the molecule is C=C=C(Br)c1ccccc1. The molecular weight excluding hydrogens is 188 g/mol. The molecule has 1 aromatic carbocycles.